The molecule has 4 N–H and O–H groups in total. The number of ether oxygens (including phenoxy) is 1. The lowest BCUT2D eigenvalue weighted by Gasteiger charge is -2.22. The van der Waals surface area contributed by atoms with Crippen LogP contribution in [0.5, 0.6) is 5.75 Å². The molecule has 150 valence electrons. The second-order valence-electron chi connectivity index (χ2n) is 6.71. The van der Waals surface area contributed by atoms with E-state index >= 15 is 0 Å². The number of nitrogens with zero attached hydrogens (tertiary/aromatic N) is 2. The van der Waals surface area contributed by atoms with Gasteiger partial charge in [0.05, 0.1) is 18.8 Å². The van der Waals surface area contributed by atoms with E-state index in [4.69, 9.17) is 10.5 Å². The van der Waals surface area contributed by atoms with Gasteiger partial charge >= 0.3 is 0 Å². The fourth-order valence-electron chi connectivity index (χ4n) is 3.27. The third-order valence-corrected chi connectivity index (χ3v) is 4.79. The monoisotopic (exact) mass is 397 g/mol. The number of benzene rings is 3. The predicted octanol–water partition coefficient (Wildman–Crippen LogP) is 5.01. The Balaban J connectivity index is 1.67. The van der Waals surface area contributed by atoms with Gasteiger partial charge in [0.25, 0.3) is 0 Å². The van der Waals surface area contributed by atoms with Crippen LogP contribution in [0.1, 0.15) is 17.2 Å². The van der Waals surface area contributed by atoms with E-state index in [2.05, 4.69) is 44.9 Å². The first kappa shape index (κ1) is 19.3. The van der Waals surface area contributed by atoms with Crippen molar-refractivity contribution in [3.8, 4) is 5.75 Å². The van der Waals surface area contributed by atoms with Gasteiger partial charge in [0.15, 0.2) is 11.6 Å². The molecule has 6 heteroatoms. The highest BCUT2D eigenvalue weighted by molar-refractivity contribution is 5.79. The van der Waals surface area contributed by atoms with E-state index < -0.39 is 0 Å². The second kappa shape index (κ2) is 8.96. The van der Waals surface area contributed by atoms with Gasteiger partial charge in [-0.2, -0.15) is 0 Å². The summed E-state index contributed by atoms with van der Waals surface area (Å²) in [6.45, 7) is 0. The molecule has 4 rings (SSSR count). The third kappa shape index (κ3) is 4.17. The Bertz CT molecular complexity index is 1060. The molecule has 0 radical (unpaired) electrons. The lowest BCUT2D eigenvalue weighted by molar-refractivity contribution is 0.417. The molecule has 0 saturated carbocycles. The molecule has 4 aromatic rings. The average Bonchev–Trinajstić information content (AvgIpc) is 2.81. The molecule has 0 fully saturated rings. The highest BCUT2D eigenvalue weighted by Gasteiger charge is 2.17. The highest BCUT2D eigenvalue weighted by Crippen LogP contribution is 2.33. The van der Waals surface area contributed by atoms with E-state index in [0.29, 0.717) is 23.1 Å². The number of anilines is 4. The number of hydrogen-bond donors (Lipinski definition) is 3. The molecule has 0 aliphatic heterocycles. The normalized spacial score (nSPS) is 10.6. The van der Waals surface area contributed by atoms with Crippen molar-refractivity contribution in [1.82, 2.24) is 9.97 Å². The molecule has 0 aliphatic rings. The van der Waals surface area contributed by atoms with Gasteiger partial charge in [-0.1, -0.05) is 72.8 Å². The van der Waals surface area contributed by atoms with Crippen LogP contribution in [0.4, 0.5) is 23.0 Å². The maximum Gasteiger partial charge on any atom is 0.159 e. The summed E-state index contributed by atoms with van der Waals surface area (Å²) in [4.78, 5) is 8.72. The first-order chi connectivity index (χ1) is 14.8. The number of methoxy groups -OCH3 is 1. The number of hydrogen-bond acceptors (Lipinski definition) is 6. The van der Waals surface area contributed by atoms with Crippen molar-refractivity contribution in [3.63, 3.8) is 0 Å². The summed E-state index contributed by atoms with van der Waals surface area (Å²) in [5, 5.41) is 6.73. The van der Waals surface area contributed by atoms with Crippen LogP contribution in [0, 0.1) is 0 Å². The molecule has 0 unspecified atom stereocenters. The Hall–Kier alpha value is -4.06. The summed E-state index contributed by atoms with van der Waals surface area (Å²) in [5.41, 5.74) is 9.87. The number of aromatic nitrogens is 2. The van der Waals surface area contributed by atoms with Crippen molar-refractivity contribution in [2.45, 2.75) is 6.04 Å². The zero-order chi connectivity index (χ0) is 20.8. The minimum atomic E-state index is -0.108. The van der Waals surface area contributed by atoms with E-state index in [1.54, 1.807) is 7.11 Å². The third-order valence-electron chi connectivity index (χ3n) is 4.79. The Morgan fingerprint density at radius 2 is 1.33 bits per heavy atom. The van der Waals surface area contributed by atoms with Gasteiger partial charge in [-0.15, -0.1) is 0 Å². The predicted molar refractivity (Wildman–Crippen MR) is 121 cm³/mol. The van der Waals surface area contributed by atoms with Gasteiger partial charge in [0.2, 0.25) is 0 Å². The van der Waals surface area contributed by atoms with Gasteiger partial charge in [-0.25, -0.2) is 9.97 Å². The fourth-order valence-corrected chi connectivity index (χ4v) is 3.27. The Kier molecular flexibility index (Phi) is 5.75. The first-order valence-corrected chi connectivity index (χ1v) is 9.63. The van der Waals surface area contributed by atoms with Crippen LogP contribution in [0.2, 0.25) is 0 Å². The maximum atomic E-state index is 6.44. The summed E-state index contributed by atoms with van der Waals surface area (Å²) >= 11 is 0. The van der Waals surface area contributed by atoms with E-state index in [9.17, 15) is 0 Å². The zero-order valence-electron chi connectivity index (χ0n) is 16.6. The largest absolute Gasteiger partial charge is 0.495 e. The molecule has 1 aromatic heterocycles. The molecular formula is C24H23N5O. The molecule has 0 atom stereocenters. The van der Waals surface area contributed by atoms with Crippen LogP contribution >= 0.6 is 0 Å². The minimum absolute atomic E-state index is 0.108. The van der Waals surface area contributed by atoms with Crippen LogP contribution in [-0.2, 0) is 0 Å². The molecule has 30 heavy (non-hydrogen) atoms. The molecule has 6 nitrogen and oxygen atoms in total. The molecule has 3 aromatic carbocycles. The standard InChI is InChI=1S/C24H23N5O/c1-30-20-15-9-8-14-19(20)28-23-21(25)24(27-16-26-23)29-22(17-10-4-2-5-11-17)18-12-6-3-7-13-18/h2-16,22H,25H2,1H3,(H2,26,27,28,29). The number of nitrogen functional groups attached to an aromatic ring is 1. The first-order valence-electron chi connectivity index (χ1n) is 9.63. The number of rotatable bonds is 7. The van der Waals surface area contributed by atoms with Gasteiger partial charge in [-0.05, 0) is 23.3 Å². The van der Waals surface area contributed by atoms with Crippen LogP contribution in [0.25, 0.3) is 0 Å². The van der Waals surface area contributed by atoms with Crippen molar-refractivity contribution in [3.05, 3.63) is 102 Å². The van der Waals surface area contributed by atoms with Crippen LogP contribution in [0.3, 0.4) is 0 Å². The molecule has 0 amide bonds. The fraction of sp³-hybridized carbons (Fsp3) is 0.0833. The summed E-state index contributed by atoms with van der Waals surface area (Å²) in [7, 11) is 1.63. The lowest BCUT2D eigenvalue weighted by atomic mass is 9.99. The van der Waals surface area contributed by atoms with Crippen LogP contribution in [-0.4, -0.2) is 17.1 Å². The van der Waals surface area contributed by atoms with Gasteiger partial charge in [-0.3, -0.25) is 0 Å². The van der Waals surface area contributed by atoms with Crippen molar-refractivity contribution >= 4 is 23.0 Å². The number of para-hydroxylation sites is 2. The topological polar surface area (TPSA) is 85.1 Å². The molecule has 0 bridgehead atoms. The SMILES string of the molecule is COc1ccccc1Nc1ncnc(NC(c2ccccc2)c2ccccc2)c1N. The summed E-state index contributed by atoms with van der Waals surface area (Å²) in [6.07, 6.45) is 1.49. The van der Waals surface area contributed by atoms with E-state index in [0.717, 1.165) is 16.8 Å². The van der Waals surface area contributed by atoms with E-state index in [-0.39, 0.29) is 6.04 Å². The lowest BCUT2D eigenvalue weighted by Crippen LogP contribution is -2.15. The molecule has 0 spiro atoms. The van der Waals surface area contributed by atoms with Crippen molar-refractivity contribution < 1.29 is 4.74 Å². The van der Waals surface area contributed by atoms with E-state index in [1.165, 1.54) is 6.33 Å². The molecular weight excluding hydrogens is 374 g/mol. The van der Waals surface area contributed by atoms with E-state index in [1.807, 2.05) is 60.7 Å². The average molecular weight is 397 g/mol. The maximum absolute atomic E-state index is 6.44. The second-order valence-corrected chi connectivity index (χ2v) is 6.71. The summed E-state index contributed by atoms with van der Waals surface area (Å²) in [6, 6.07) is 27.9. The highest BCUT2D eigenvalue weighted by atomic mass is 16.5. The molecule has 0 aliphatic carbocycles. The van der Waals surface area contributed by atoms with Crippen LogP contribution in [0.15, 0.2) is 91.3 Å². The Morgan fingerprint density at radius 3 is 1.97 bits per heavy atom. The Morgan fingerprint density at radius 1 is 0.767 bits per heavy atom. The number of nitrogens with one attached hydrogen (secondary N) is 2. The molecule has 0 saturated heterocycles. The van der Waals surface area contributed by atoms with Gasteiger partial charge < -0.3 is 21.1 Å². The summed E-state index contributed by atoms with van der Waals surface area (Å²) in [5.74, 6) is 1.77. The quantitative estimate of drug-likeness (QED) is 0.406. The van der Waals surface area contributed by atoms with Crippen LogP contribution < -0.4 is 21.1 Å². The smallest absolute Gasteiger partial charge is 0.159 e. The van der Waals surface area contributed by atoms with Gasteiger partial charge in [0.1, 0.15) is 17.8 Å². The van der Waals surface area contributed by atoms with Gasteiger partial charge in [0, 0.05) is 0 Å². The summed E-state index contributed by atoms with van der Waals surface area (Å²) < 4.78 is 5.41. The number of nitrogens with two attached hydrogens (primary N) is 1. The molecule has 1 heterocycles. The minimum Gasteiger partial charge on any atom is -0.495 e. The zero-order valence-corrected chi connectivity index (χ0v) is 16.6. The van der Waals surface area contributed by atoms with Crippen molar-refractivity contribution in [1.29, 1.82) is 0 Å². The van der Waals surface area contributed by atoms with Crippen molar-refractivity contribution in [2.75, 3.05) is 23.5 Å². The van der Waals surface area contributed by atoms with Crippen molar-refractivity contribution in [2.24, 2.45) is 0 Å². The Labute approximate surface area is 175 Å².